The summed E-state index contributed by atoms with van der Waals surface area (Å²) in [5, 5.41) is 10.1. The van der Waals surface area contributed by atoms with Crippen LogP contribution >= 0.6 is 0 Å². The normalized spacial score (nSPS) is 11.9. The third-order valence-electron chi connectivity index (χ3n) is 5.51. The molecule has 0 aliphatic carbocycles. The largest absolute Gasteiger partial charge is 0.379 e. The minimum atomic E-state index is -0.833. The monoisotopic (exact) mass is 473 g/mol. The van der Waals surface area contributed by atoms with Crippen LogP contribution in [0.4, 0.5) is 4.39 Å². The number of benzene rings is 1. The van der Waals surface area contributed by atoms with Crippen LogP contribution < -0.4 is 11.0 Å². The number of rotatable bonds is 6. The highest BCUT2D eigenvalue weighted by molar-refractivity contribution is 5.95. The quantitative estimate of drug-likeness (QED) is 0.315. The zero-order chi connectivity index (χ0) is 25.1. The first-order valence-electron chi connectivity index (χ1n) is 11.2. The zero-order valence-corrected chi connectivity index (χ0v) is 19.7. The van der Waals surface area contributed by atoms with Gasteiger partial charge in [-0.1, -0.05) is 18.2 Å². The molecule has 0 N–H and O–H groups in total. The van der Waals surface area contributed by atoms with Crippen molar-refractivity contribution in [3.05, 3.63) is 87.0 Å². The van der Waals surface area contributed by atoms with E-state index in [1.165, 1.54) is 34.7 Å². The maximum Gasteiger partial charge on any atom is 0.281 e. The third kappa shape index (κ3) is 4.74. The van der Waals surface area contributed by atoms with Crippen molar-refractivity contribution in [2.24, 2.45) is 4.99 Å². The molecule has 1 amide bonds. The molecule has 4 aromatic rings. The summed E-state index contributed by atoms with van der Waals surface area (Å²) in [6.07, 6.45) is 2.16. The number of hydrogen-bond donors (Lipinski definition) is 0. The van der Waals surface area contributed by atoms with Gasteiger partial charge in [-0.15, -0.1) is 0 Å². The number of halogens is 1. The molecule has 35 heavy (non-hydrogen) atoms. The van der Waals surface area contributed by atoms with E-state index < -0.39 is 11.7 Å². The highest BCUT2D eigenvalue weighted by Crippen LogP contribution is 2.14. The topological polar surface area (TPSA) is 102 Å². The molecule has 0 unspecified atom stereocenters. The van der Waals surface area contributed by atoms with Crippen molar-refractivity contribution in [1.82, 2.24) is 14.0 Å². The van der Waals surface area contributed by atoms with E-state index in [0.717, 1.165) is 5.56 Å². The molecule has 0 fully saturated rings. The van der Waals surface area contributed by atoms with Crippen molar-refractivity contribution in [3.8, 4) is 6.07 Å². The average Bonchev–Trinajstić information content (AvgIpc) is 2.83. The van der Waals surface area contributed by atoms with Crippen LogP contribution in [-0.2, 0) is 11.3 Å². The van der Waals surface area contributed by atoms with Crippen molar-refractivity contribution >= 4 is 22.6 Å². The number of amides is 1. The van der Waals surface area contributed by atoms with E-state index >= 15 is 0 Å². The fourth-order valence-electron chi connectivity index (χ4n) is 3.83. The fourth-order valence-corrected chi connectivity index (χ4v) is 3.83. The molecule has 0 saturated carbocycles. The van der Waals surface area contributed by atoms with Crippen LogP contribution in [0.1, 0.15) is 41.8 Å². The van der Waals surface area contributed by atoms with Crippen molar-refractivity contribution < 1.29 is 13.9 Å². The molecule has 9 heteroatoms. The summed E-state index contributed by atoms with van der Waals surface area (Å²) in [6, 6.07) is 12.5. The zero-order valence-electron chi connectivity index (χ0n) is 19.7. The van der Waals surface area contributed by atoms with Crippen molar-refractivity contribution in [3.63, 3.8) is 0 Å². The van der Waals surface area contributed by atoms with Gasteiger partial charge in [0.15, 0.2) is 5.49 Å². The minimum absolute atomic E-state index is 0.0125. The van der Waals surface area contributed by atoms with Gasteiger partial charge in [0.1, 0.15) is 23.2 Å². The van der Waals surface area contributed by atoms with Crippen LogP contribution in [0, 0.1) is 24.1 Å². The smallest absolute Gasteiger partial charge is 0.281 e. The molecule has 0 spiro atoms. The van der Waals surface area contributed by atoms with Gasteiger partial charge in [-0.25, -0.2) is 9.37 Å². The standard InChI is InChI=1S/C26H24FN5O3/c1-16(2)35-13-7-12-31-23(30-25(33)19-9-4-5-10-21(19)27)18(15-28)14-20-24(31)29-22-17(3)8-6-11-32(22)26(20)34/h4-6,8-11,14,16H,7,12-13H2,1-3H3. The van der Waals surface area contributed by atoms with E-state index in [2.05, 4.69) is 4.99 Å². The van der Waals surface area contributed by atoms with Crippen LogP contribution in [-0.4, -0.2) is 32.6 Å². The summed E-state index contributed by atoms with van der Waals surface area (Å²) >= 11 is 0. The Hall–Kier alpha value is -4.16. The summed E-state index contributed by atoms with van der Waals surface area (Å²) in [5.41, 5.74) is 0.992. The lowest BCUT2D eigenvalue weighted by molar-refractivity contribution is 0.0748. The number of nitrogens with zero attached hydrogens (tertiary/aromatic N) is 5. The highest BCUT2D eigenvalue weighted by Gasteiger charge is 2.17. The maximum absolute atomic E-state index is 14.2. The molecule has 1 aromatic carbocycles. The number of fused-ring (bicyclic) bond motifs is 2. The number of nitriles is 1. The Balaban J connectivity index is 2.02. The second-order valence-electron chi connectivity index (χ2n) is 8.35. The van der Waals surface area contributed by atoms with E-state index in [9.17, 15) is 19.2 Å². The molecule has 0 atom stereocenters. The van der Waals surface area contributed by atoms with Gasteiger partial charge in [-0.3, -0.25) is 14.0 Å². The number of aromatic nitrogens is 3. The van der Waals surface area contributed by atoms with Crippen LogP contribution in [0.2, 0.25) is 0 Å². The SMILES string of the molecule is Cc1cccn2c(=O)c3cc(C#N)c(=NC(=O)c4ccccc4F)n(CCCOC(C)C)c3nc12. The van der Waals surface area contributed by atoms with E-state index in [-0.39, 0.29) is 45.9 Å². The molecule has 8 nitrogen and oxygen atoms in total. The molecular formula is C26H24FN5O3. The van der Waals surface area contributed by atoms with Gasteiger partial charge in [0, 0.05) is 19.3 Å². The summed E-state index contributed by atoms with van der Waals surface area (Å²) in [7, 11) is 0. The predicted octanol–water partition coefficient (Wildman–Crippen LogP) is 3.52. The molecular weight excluding hydrogens is 449 g/mol. The average molecular weight is 474 g/mol. The Morgan fingerprint density at radius 1 is 1.23 bits per heavy atom. The van der Waals surface area contributed by atoms with Crippen LogP contribution in [0.5, 0.6) is 0 Å². The number of carbonyl (C=O) groups is 1. The molecule has 0 radical (unpaired) electrons. The van der Waals surface area contributed by atoms with E-state index in [1.807, 2.05) is 32.9 Å². The molecule has 0 saturated heterocycles. The second kappa shape index (κ2) is 9.99. The minimum Gasteiger partial charge on any atom is -0.379 e. The molecule has 178 valence electrons. The lowest BCUT2D eigenvalue weighted by atomic mass is 10.2. The number of carbonyl (C=O) groups excluding carboxylic acids is 1. The Bertz CT molecular complexity index is 1610. The summed E-state index contributed by atoms with van der Waals surface area (Å²) < 4.78 is 22.9. The molecule has 3 aromatic heterocycles. The van der Waals surface area contributed by atoms with Crippen molar-refractivity contribution in [2.75, 3.05) is 6.61 Å². The molecule has 4 rings (SSSR count). The Morgan fingerprint density at radius 2 is 2.00 bits per heavy atom. The Morgan fingerprint density at radius 3 is 2.71 bits per heavy atom. The molecule has 0 bridgehead atoms. The van der Waals surface area contributed by atoms with E-state index in [1.54, 1.807) is 16.8 Å². The van der Waals surface area contributed by atoms with Gasteiger partial charge >= 0.3 is 0 Å². The molecule has 0 aliphatic rings. The fraction of sp³-hybridized carbons (Fsp3) is 0.269. The summed E-state index contributed by atoms with van der Waals surface area (Å²) in [6.45, 7) is 6.37. The van der Waals surface area contributed by atoms with Gasteiger partial charge in [-0.05, 0) is 57.0 Å². The lowest BCUT2D eigenvalue weighted by Gasteiger charge is -2.15. The van der Waals surface area contributed by atoms with E-state index in [4.69, 9.17) is 9.72 Å². The third-order valence-corrected chi connectivity index (χ3v) is 5.51. The number of pyridine rings is 2. The highest BCUT2D eigenvalue weighted by atomic mass is 19.1. The van der Waals surface area contributed by atoms with Gasteiger partial charge in [0.25, 0.3) is 11.5 Å². The second-order valence-corrected chi connectivity index (χ2v) is 8.35. The summed E-state index contributed by atoms with van der Waals surface area (Å²) in [5.74, 6) is -1.55. The van der Waals surface area contributed by atoms with Gasteiger partial charge in [-0.2, -0.15) is 10.3 Å². The Kier molecular flexibility index (Phi) is 6.85. The summed E-state index contributed by atoms with van der Waals surface area (Å²) in [4.78, 5) is 35.1. The van der Waals surface area contributed by atoms with Gasteiger partial charge < -0.3 is 9.30 Å². The predicted molar refractivity (Wildman–Crippen MR) is 128 cm³/mol. The lowest BCUT2D eigenvalue weighted by Crippen LogP contribution is -2.30. The Labute approximate surface area is 200 Å². The van der Waals surface area contributed by atoms with E-state index in [0.29, 0.717) is 18.7 Å². The van der Waals surface area contributed by atoms with Crippen LogP contribution in [0.25, 0.3) is 16.7 Å². The van der Waals surface area contributed by atoms with Crippen molar-refractivity contribution in [1.29, 1.82) is 5.26 Å². The van der Waals surface area contributed by atoms with Gasteiger partial charge in [0.05, 0.1) is 22.6 Å². The first-order chi connectivity index (χ1) is 16.8. The van der Waals surface area contributed by atoms with Gasteiger partial charge in [0.2, 0.25) is 0 Å². The maximum atomic E-state index is 14.2. The molecule has 3 heterocycles. The number of hydrogen-bond acceptors (Lipinski definition) is 5. The number of aryl methyl sites for hydroxylation is 2. The van der Waals surface area contributed by atoms with Crippen molar-refractivity contribution in [2.45, 2.75) is 39.8 Å². The number of ether oxygens (including phenoxy) is 1. The van der Waals surface area contributed by atoms with Crippen LogP contribution in [0.15, 0.2) is 58.4 Å². The molecule has 0 aliphatic heterocycles. The first kappa shape index (κ1) is 24.0. The van der Waals surface area contributed by atoms with Crippen LogP contribution in [0.3, 0.4) is 0 Å². The first-order valence-corrected chi connectivity index (χ1v) is 11.2.